The number of anilines is 2. The maximum atomic E-state index is 13.3. The molecule has 0 radical (unpaired) electrons. The summed E-state index contributed by atoms with van der Waals surface area (Å²) in [4.78, 5) is 45.1. The fourth-order valence-electron chi connectivity index (χ4n) is 6.21. The van der Waals surface area contributed by atoms with Gasteiger partial charge in [-0.3, -0.25) is 14.4 Å². The molecule has 5 aromatic rings. The van der Waals surface area contributed by atoms with E-state index >= 15 is 0 Å². The molecule has 3 heterocycles. The predicted octanol–water partition coefficient (Wildman–Crippen LogP) is 6.34. The first-order valence-corrected chi connectivity index (χ1v) is 13.6. The van der Waals surface area contributed by atoms with Crippen LogP contribution in [0.5, 0.6) is 0 Å². The maximum Gasteiger partial charge on any atom is 0.258 e. The molecule has 7 rings (SSSR count). The number of hydrogen-bond donors (Lipinski definition) is 2. The van der Waals surface area contributed by atoms with Crippen molar-refractivity contribution in [3.63, 3.8) is 0 Å². The van der Waals surface area contributed by atoms with Gasteiger partial charge in [-0.15, -0.1) is 0 Å². The Kier molecular flexibility index (Phi) is 5.47. The summed E-state index contributed by atoms with van der Waals surface area (Å²) in [5.74, 6) is -0.470. The Morgan fingerprint density at radius 2 is 1.77 bits per heavy atom. The van der Waals surface area contributed by atoms with Gasteiger partial charge in [0, 0.05) is 51.2 Å². The molecule has 8 heteroatoms. The van der Waals surface area contributed by atoms with E-state index in [9.17, 15) is 14.4 Å². The first-order chi connectivity index (χ1) is 19.3. The summed E-state index contributed by atoms with van der Waals surface area (Å²) in [5.41, 5.74) is 13.6. The number of hydrogen-bond acceptors (Lipinski definition) is 3. The second-order valence-electron chi connectivity index (χ2n) is 10.4. The van der Waals surface area contributed by atoms with E-state index in [4.69, 9.17) is 17.3 Å². The van der Waals surface area contributed by atoms with Crippen molar-refractivity contribution in [1.82, 2.24) is 4.98 Å². The third-order valence-corrected chi connectivity index (χ3v) is 8.38. The molecule has 1 saturated heterocycles. The Bertz CT molecular complexity index is 1930. The number of rotatable bonds is 4. The number of benzene rings is 4. The highest BCUT2D eigenvalue weighted by atomic mass is 35.5. The molecule has 3 amide bonds. The van der Waals surface area contributed by atoms with Gasteiger partial charge in [-0.05, 0) is 78.1 Å². The largest absolute Gasteiger partial charge is 0.366 e. The first-order valence-electron chi connectivity index (χ1n) is 13.2. The molecule has 2 aliphatic heterocycles. The molecule has 1 fully saturated rings. The van der Waals surface area contributed by atoms with Crippen molar-refractivity contribution >= 4 is 62.5 Å². The number of fused-ring (bicyclic) bond motifs is 4. The number of nitrogens with two attached hydrogens (primary N) is 1. The van der Waals surface area contributed by atoms with Gasteiger partial charge in [-0.1, -0.05) is 35.9 Å². The fourth-order valence-corrected chi connectivity index (χ4v) is 6.41. The van der Waals surface area contributed by atoms with Crippen molar-refractivity contribution < 1.29 is 14.4 Å². The standard InChI is InChI=1S/C32H25ClN4O3/c1-17-21(4-2-5-27(17)37-16-18-14-19(33)7-9-22(18)32(37)40)23-11-12-25(31(34)39)30-29(23)24-10-8-20(15-26(24)35-30)36-13-3-6-28(36)38/h2,4-5,7-12,14-15,35H,3,6,13,16H2,1H3,(H2,34,39). The van der Waals surface area contributed by atoms with Crippen LogP contribution in [0.2, 0.25) is 5.02 Å². The van der Waals surface area contributed by atoms with Gasteiger partial charge in [-0.25, -0.2) is 0 Å². The molecular weight excluding hydrogens is 524 g/mol. The summed E-state index contributed by atoms with van der Waals surface area (Å²) in [7, 11) is 0. The highest BCUT2D eigenvalue weighted by molar-refractivity contribution is 6.31. The first kappa shape index (κ1) is 24.4. The molecule has 2 aliphatic rings. The lowest BCUT2D eigenvalue weighted by Crippen LogP contribution is -2.24. The topological polar surface area (TPSA) is 99.5 Å². The summed E-state index contributed by atoms with van der Waals surface area (Å²) in [6.07, 6.45) is 1.39. The van der Waals surface area contributed by atoms with Crippen molar-refractivity contribution in [3.05, 3.63) is 94.0 Å². The second-order valence-corrected chi connectivity index (χ2v) is 10.9. The van der Waals surface area contributed by atoms with Gasteiger partial charge in [0.05, 0.1) is 17.6 Å². The number of nitrogens with one attached hydrogen (secondary N) is 1. The van der Waals surface area contributed by atoms with Crippen LogP contribution in [-0.4, -0.2) is 29.3 Å². The minimum Gasteiger partial charge on any atom is -0.366 e. The lowest BCUT2D eigenvalue weighted by Gasteiger charge is -2.21. The summed E-state index contributed by atoms with van der Waals surface area (Å²) >= 11 is 6.20. The number of H-pyrrole nitrogens is 1. The van der Waals surface area contributed by atoms with Crippen LogP contribution in [0.15, 0.2) is 66.7 Å². The molecule has 1 aromatic heterocycles. The highest BCUT2D eigenvalue weighted by Crippen LogP contribution is 2.42. The molecule has 0 unspecified atom stereocenters. The summed E-state index contributed by atoms with van der Waals surface area (Å²) < 4.78 is 0. The van der Waals surface area contributed by atoms with Crippen LogP contribution in [0.25, 0.3) is 32.9 Å². The number of primary amides is 1. The quantitative estimate of drug-likeness (QED) is 0.274. The third-order valence-electron chi connectivity index (χ3n) is 8.15. The molecule has 0 atom stereocenters. The Morgan fingerprint density at radius 1 is 0.950 bits per heavy atom. The minimum atomic E-state index is -0.525. The van der Waals surface area contributed by atoms with Gasteiger partial charge in [0.2, 0.25) is 5.91 Å². The number of aromatic nitrogens is 1. The zero-order chi connectivity index (χ0) is 27.7. The Balaban J connectivity index is 1.40. The molecule has 7 nitrogen and oxygen atoms in total. The van der Waals surface area contributed by atoms with E-state index in [0.717, 1.165) is 56.3 Å². The van der Waals surface area contributed by atoms with Gasteiger partial charge in [-0.2, -0.15) is 0 Å². The fraction of sp³-hybridized carbons (Fsp3) is 0.156. The lowest BCUT2D eigenvalue weighted by molar-refractivity contribution is -0.117. The molecule has 3 N–H and O–H groups in total. The maximum absolute atomic E-state index is 13.3. The van der Waals surface area contributed by atoms with E-state index < -0.39 is 5.91 Å². The molecule has 0 saturated carbocycles. The van der Waals surface area contributed by atoms with Gasteiger partial charge in [0.25, 0.3) is 11.8 Å². The molecule has 0 aliphatic carbocycles. The number of nitrogens with zero attached hydrogens (tertiary/aromatic N) is 2. The van der Waals surface area contributed by atoms with Crippen LogP contribution in [0.4, 0.5) is 11.4 Å². The molecule has 40 heavy (non-hydrogen) atoms. The van der Waals surface area contributed by atoms with Crippen molar-refractivity contribution in [2.45, 2.75) is 26.3 Å². The van der Waals surface area contributed by atoms with Crippen LogP contribution < -0.4 is 15.5 Å². The van der Waals surface area contributed by atoms with Crippen LogP contribution in [-0.2, 0) is 11.3 Å². The summed E-state index contributed by atoms with van der Waals surface area (Å²) in [6.45, 7) is 3.15. The van der Waals surface area contributed by atoms with E-state index in [-0.39, 0.29) is 11.8 Å². The molecule has 0 bridgehead atoms. The van der Waals surface area contributed by atoms with Gasteiger partial charge >= 0.3 is 0 Å². The third kappa shape index (κ3) is 3.62. The predicted molar refractivity (Wildman–Crippen MR) is 158 cm³/mol. The molecule has 198 valence electrons. The normalized spacial score (nSPS) is 15.1. The van der Waals surface area contributed by atoms with Crippen LogP contribution in [0.1, 0.15) is 44.7 Å². The van der Waals surface area contributed by atoms with E-state index in [1.807, 2.05) is 55.5 Å². The SMILES string of the molecule is Cc1c(-c2ccc(C(N)=O)c3[nH]c4cc(N5CCCC5=O)ccc4c23)cccc1N1Cc2cc(Cl)ccc2C1=O. The number of aromatic amines is 1. The monoisotopic (exact) mass is 548 g/mol. The minimum absolute atomic E-state index is 0.0581. The van der Waals surface area contributed by atoms with Gasteiger partial charge < -0.3 is 20.5 Å². The van der Waals surface area contributed by atoms with Gasteiger partial charge in [0.1, 0.15) is 0 Å². The van der Waals surface area contributed by atoms with Crippen LogP contribution >= 0.6 is 11.6 Å². The van der Waals surface area contributed by atoms with Crippen LogP contribution in [0, 0.1) is 6.92 Å². The van der Waals surface area contributed by atoms with Crippen molar-refractivity contribution in [2.75, 3.05) is 16.3 Å². The van der Waals surface area contributed by atoms with E-state index in [1.165, 1.54) is 0 Å². The summed E-state index contributed by atoms with van der Waals surface area (Å²) in [6, 6.07) is 20.8. The van der Waals surface area contributed by atoms with Crippen LogP contribution in [0.3, 0.4) is 0 Å². The average Bonchev–Trinajstić information content (AvgIpc) is 3.62. The smallest absolute Gasteiger partial charge is 0.258 e. The second kappa shape index (κ2) is 8.96. The molecule has 4 aromatic carbocycles. The van der Waals surface area contributed by atoms with E-state index in [1.54, 1.807) is 28.0 Å². The zero-order valence-corrected chi connectivity index (χ0v) is 22.5. The Hall–Kier alpha value is -4.62. The Labute approximate surface area is 235 Å². The van der Waals surface area contributed by atoms with Gasteiger partial charge in [0.15, 0.2) is 0 Å². The van der Waals surface area contributed by atoms with Crippen molar-refractivity contribution in [1.29, 1.82) is 0 Å². The van der Waals surface area contributed by atoms with E-state index in [0.29, 0.717) is 41.2 Å². The van der Waals surface area contributed by atoms with E-state index in [2.05, 4.69) is 4.98 Å². The number of carbonyl (C=O) groups is 3. The zero-order valence-electron chi connectivity index (χ0n) is 21.8. The Morgan fingerprint density at radius 3 is 2.55 bits per heavy atom. The highest BCUT2D eigenvalue weighted by Gasteiger charge is 2.30. The number of carbonyl (C=O) groups excluding carboxylic acids is 3. The molecule has 0 spiro atoms. The number of halogens is 1. The molecular formula is C32H25ClN4O3. The van der Waals surface area contributed by atoms with Crippen molar-refractivity contribution in [2.24, 2.45) is 5.73 Å². The lowest BCUT2D eigenvalue weighted by atomic mass is 9.93. The average molecular weight is 549 g/mol. The van der Waals surface area contributed by atoms with Crippen molar-refractivity contribution in [3.8, 4) is 11.1 Å². The number of amides is 3. The summed E-state index contributed by atoms with van der Waals surface area (Å²) in [5, 5.41) is 2.40.